The third-order valence-electron chi connectivity index (χ3n) is 4.03. The summed E-state index contributed by atoms with van der Waals surface area (Å²) in [5.74, 6) is -0.828. The van der Waals surface area contributed by atoms with E-state index >= 15 is 0 Å². The topological polar surface area (TPSA) is 75.5 Å². The Morgan fingerprint density at radius 2 is 1.81 bits per heavy atom. The van der Waals surface area contributed by atoms with Crippen molar-refractivity contribution in [3.63, 3.8) is 0 Å². The van der Waals surface area contributed by atoms with Gasteiger partial charge in [0.15, 0.2) is 5.69 Å². The lowest BCUT2D eigenvalue weighted by atomic mass is 10.2. The Morgan fingerprint density at radius 3 is 2.56 bits per heavy atom. The molecule has 0 bridgehead atoms. The molecule has 0 aliphatic heterocycles. The van der Waals surface area contributed by atoms with Gasteiger partial charge in [0, 0.05) is 24.8 Å². The van der Waals surface area contributed by atoms with Gasteiger partial charge in [-0.3, -0.25) is 14.0 Å². The van der Waals surface area contributed by atoms with E-state index in [1.807, 2.05) is 13.8 Å². The second-order valence-electron chi connectivity index (χ2n) is 6.62. The molecule has 0 aliphatic carbocycles. The first-order valence-corrected chi connectivity index (χ1v) is 8.74. The van der Waals surface area contributed by atoms with Crippen LogP contribution in [0.3, 0.4) is 0 Å². The van der Waals surface area contributed by atoms with Gasteiger partial charge in [0.05, 0.1) is 5.52 Å². The number of carbonyl (C=O) groups excluding carboxylic acids is 2. The van der Waals surface area contributed by atoms with Crippen LogP contribution in [0.2, 0.25) is 0 Å². The van der Waals surface area contributed by atoms with Gasteiger partial charge in [0.1, 0.15) is 5.82 Å². The summed E-state index contributed by atoms with van der Waals surface area (Å²) in [6, 6.07) is 11.5. The molecule has 1 aromatic carbocycles. The lowest BCUT2D eigenvalue weighted by molar-refractivity contribution is 0.0939. The van der Waals surface area contributed by atoms with Crippen LogP contribution in [-0.4, -0.2) is 27.7 Å². The van der Waals surface area contributed by atoms with Gasteiger partial charge in [-0.25, -0.2) is 9.37 Å². The zero-order valence-electron chi connectivity index (χ0n) is 15.2. The molecule has 0 fully saturated rings. The van der Waals surface area contributed by atoms with Crippen molar-refractivity contribution in [3.8, 4) is 0 Å². The van der Waals surface area contributed by atoms with Crippen LogP contribution < -0.4 is 10.6 Å². The Hall–Kier alpha value is -3.22. The van der Waals surface area contributed by atoms with E-state index in [9.17, 15) is 14.0 Å². The molecular formula is C20H21FN4O2. The van der Waals surface area contributed by atoms with Crippen LogP contribution in [0.15, 0.2) is 48.7 Å². The van der Waals surface area contributed by atoms with E-state index in [0.717, 1.165) is 0 Å². The van der Waals surface area contributed by atoms with E-state index in [2.05, 4.69) is 15.6 Å². The SMILES string of the molecule is CC(C)CNC(=O)c1nc(C(=O)NCc2ccccc2F)n2ccccc12. The van der Waals surface area contributed by atoms with Gasteiger partial charge in [-0.1, -0.05) is 38.1 Å². The fourth-order valence-corrected chi connectivity index (χ4v) is 2.64. The van der Waals surface area contributed by atoms with Crippen molar-refractivity contribution in [2.24, 2.45) is 5.92 Å². The van der Waals surface area contributed by atoms with Crippen molar-refractivity contribution in [1.82, 2.24) is 20.0 Å². The first-order chi connectivity index (χ1) is 13.0. The van der Waals surface area contributed by atoms with E-state index < -0.39 is 5.91 Å². The summed E-state index contributed by atoms with van der Waals surface area (Å²) in [6.07, 6.45) is 1.67. The summed E-state index contributed by atoms with van der Waals surface area (Å²) in [4.78, 5) is 29.3. The molecule has 2 N–H and O–H groups in total. The standard InChI is InChI=1S/C20H21FN4O2/c1-13(2)11-22-19(26)17-16-9-5-6-10-25(16)18(24-17)20(27)23-12-14-7-3-4-8-15(14)21/h3-10,13H,11-12H2,1-2H3,(H,22,26)(H,23,27). The maximum Gasteiger partial charge on any atom is 0.287 e. The molecule has 2 aromatic heterocycles. The number of nitrogens with zero attached hydrogens (tertiary/aromatic N) is 2. The first kappa shape index (κ1) is 18.6. The number of amides is 2. The van der Waals surface area contributed by atoms with Gasteiger partial charge in [-0.2, -0.15) is 0 Å². The summed E-state index contributed by atoms with van der Waals surface area (Å²) in [6.45, 7) is 4.53. The zero-order chi connectivity index (χ0) is 19.4. The highest BCUT2D eigenvalue weighted by molar-refractivity contribution is 6.02. The Morgan fingerprint density at radius 1 is 1.07 bits per heavy atom. The molecule has 3 aromatic rings. The highest BCUT2D eigenvalue weighted by Crippen LogP contribution is 2.14. The van der Waals surface area contributed by atoms with E-state index in [1.165, 1.54) is 6.07 Å². The zero-order valence-corrected chi connectivity index (χ0v) is 15.2. The number of imidazole rings is 1. The fourth-order valence-electron chi connectivity index (χ4n) is 2.64. The average molecular weight is 368 g/mol. The number of pyridine rings is 1. The second-order valence-corrected chi connectivity index (χ2v) is 6.62. The minimum Gasteiger partial charge on any atom is -0.350 e. The molecule has 7 heteroatoms. The molecule has 2 amide bonds. The number of benzene rings is 1. The molecule has 3 rings (SSSR count). The van der Waals surface area contributed by atoms with Crippen molar-refractivity contribution in [2.45, 2.75) is 20.4 Å². The Kier molecular flexibility index (Phi) is 5.49. The lowest BCUT2D eigenvalue weighted by Crippen LogP contribution is -2.28. The number of nitrogens with one attached hydrogen (secondary N) is 2. The van der Waals surface area contributed by atoms with Crippen LogP contribution in [0.25, 0.3) is 5.52 Å². The minimum absolute atomic E-state index is 0.0299. The molecule has 0 unspecified atom stereocenters. The highest BCUT2D eigenvalue weighted by atomic mass is 19.1. The van der Waals surface area contributed by atoms with Crippen LogP contribution in [0.5, 0.6) is 0 Å². The Labute approximate surface area is 156 Å². The number of aromatic nitrogens is 2. The molecule has 0 saturated heterocycles. The molecule has 2 heterocycles. The fraction of sp³-hybridized carbons (Fsp3) is 0.250. The monoisotopic (exact) mass is 368 g/mol. The number of carbonyl (C=O) groups is 2. The molecular weight excluding hydrogens is 347 g/mol. The van der Waals surface area contributed by atoms with E-state index in [4.69, 9.17) is 0 Å². The van der Waals surface area contributed by atoms with Gasteiger partial charge < -0.3 is 10.6 Å². The number of hydrogen-bond acceptors (Lipinski definition) is 3. The Bertz CT molecular complexity index is 981. The molecule has 0 spiro atoms. The van der Waals surface area contributed by atoms with Gasteiger partial charge in [-0.15, -0.1) is 0 Å². The summed E-state index contributed by atoms with van der Waals surface area (Å²) in [5, 5.41) is 5.47. The number of hydrogen-bond donors (Lipinski definition) is 2. The van der Waals surface area contributed by atoms with Crippen LogP contribution in [0.4, 0.5) is 4.39 Å². The van der Waals surface area contributed by atoms with Crippen molar-refractivity contribution < 1.29 is 14.0 Å². The van der Waals surface area contributed by atoms with Crippen LogP contribution in [-0.2, 0) is 6.54 Å². The molecule has 0 radical (unpaired) electrons. The summed E-state index contributed by atoms with van der Waals surface area (Å²) < 4.78 is 15.3. The van der Waals surface area contributed by atoms with Gasteiger partial charge in [0.2, 0.25) is 5.82 Å². The minimum atomic E-state index is -0.484. The number of halogens is 1. The summed E-state index contributed by atoms with van der Waals surface area (Å²) >= 11 is 0. The smallest absolute Gasteiger partial charge is 0.287 e. The average Bonchev–Trinajstić information content (AvgIpc) is 3.05. The van der Waals surface area contributed by atoms with Crippen molar-refractivity contribution in [2.75, 3.05) is 6.54 Å². The first-order valence-electron chi connectivity index (χ1n) is 8.74. The molecule has 0 aliphatic rings. The molecule has 140 valence electrons. The van der Waals surface area contributed by atoms with Gasteiger partial charge in [-0.05, 0) is 24.1 Å². The van der Waals surface area contributed by atoms with Gasteiger partial charge in [0.25, 0.3) is 11.8 Å². The molecule has 0 saturated carbocycles. The molecule has 0 atom stereocenters. The van der Waals surface area contributed by atoms with Crippen LogP contribution in [0, 0.1) is 11.7 Å². The molecule has 6 nitrogen and oxygen atoms in total. The van der Waals surface area contributed by atoms with E-state index in [1.54, 1.807) is 47.0 Å². The third-order valence-corrected chi connectivity index (χ3v) is 4.03. The third kappa shape index (κ3) is 4.13. The highest BCUT2D eigenvalue weighted by Gasteiger charge is 2.21. The normalized spacial score (nSPS) is 11.0. The summed E-state index contributed by atoms with van der Waals surface area (Å²) in [7, 11) is 0. The second kappa shape index (κ2) is 7.99. The largest absolute Gasteiger partial charge is 0.350 e. The van der Waals surface area contributed by atoms with Gasteiger partial charge >= 0.3 is 0 Å². The maximum atomic E-state index is 13.7. The maximum absolute atomic E-state index is 13.7. The van der Waals surface area contributed by atoms with Crippen molar-refractivity contribution in [1.29, 1.82) is 0 Å². The Balaban J connectivity index is 1.85. The van der Waals surface area contributed by atoms with E-state index in [-0.39, 0.29) is 29.8 Å². The number of rotatable bonds is 6. The quantitative estimate of drug-likeness (QED) is 0.703. The lowest BCUT2D eigenvalue weighted by Gasteiger charge is -2.05. The predicted molar refractivity (Wildman–Crippen MR) is 99.9 cm³/mol. The van der Waals surface area contributed by atoms with Crippen molar-refractivity contribution in [3.05, 3.63) is 71.6 Å². The summed E-state index contributed by atoms with van der Waals surface area (Å²) in [5.41, 5.74) is 1.10. The van der Waals surface area contributed by atoms with Crippen LogP contribution >= 0.6 is 0 Å². The van der Waals surface area contributed by atoms with E-state index in [0.29, 0.717) is 23.5 Å². The van der Waals surface area contributed by atoms with Crippen LogP contribution in [0.1, 0.15) is 40.5 Å². The number of fused-ring (bicyclic) bond motifs is 1. The van der Waals surface area contributed by atoms with Crippen molar-refractivity contribution >= 4 is 17.3 Å². The predicted octanol–water partition coefficient (Wildman–Crippen LogP) is 2.79. The molecule has 27 heavy (non-hydrogen) atoms.